The number of fused-ring (bicyclic) bond motifs is 1. The normalized spacial score (nSPS) is 22.1. The maximum atomic E-state index is 13.5. The highest BCUT2D eigenvalue weighted by molar-refractivity contribution is 6.31. The van der Waals surface area contributed by atoms with Crippen LogP contribution in [-0.4, -0.2) is 47.4 Å². The third-order valence-electron chi connectivity index (χ3n) is 4.32. The lowest BCUT2D eigenvalue weighted by Gasteiger charge is -2.32. The first-order valence-electron chi connectivity index (χ1n) is 7.76. The Kier molecular flexibility index (Phi) is 4.20. The first-order chi connectivity index (χ1) is 11.8. The van der Waals surface area contributed by atoms with Crippen molar-refractivity contribution in [2.24, 2.45) is 10.9 Å². The number of allylic oxidation sites excluding steroid dienone is 1. The van der Waals surface area contributed by atoms with E-state index in [1.807, 2.05) is 6.92 Å². The Morgan fingerprint density at radius 3 is 2.52 bits per heavy atom. The van der Waals surface area contributed by atoms with Crippen molar-refractivity contribution in [1.82, 2.24) is 9.80 Å². The van der Waals surface area contributed by atoms with Crippen molar-refractivity contribution in [3.8, 4) is 0 Å². The number of imide groups is 1. The van der Waals surface area contributed by atoms with Crippen LogP contribution in [0.25, 0.3) is 0 Å². The highest BCUT2D eigenvalue weighted by Gasteiger charge is 2.50. The standard InChI is InChI=1S/C17H16F2N4O2/c1-4-9-8-20-15-13(16(24)23(3)17(25)22(15)2)14(9)21-10-5-6-11(18)12(19)7-10/h5-8,13H,4H2,1-3H3/p+1. The van der Waals surface area contributed by atoms with E-state index in [-0.39, 0.29) is 5.69 Å². The molecule has 2 aliphatic rings. The highest BCUT2D eigenvalue weighted by atomic mass is 19.2. The van der Waals surface area contributed by atoms with Crippen LogP contribution in [0.4, 0.5) is 19.3 Å². The first-order valence-corrected chi connectivity index (χ1v) is 7.76. The third-order valence-corrected chi connectivity index (χ3v) is 4.32. The number of amides is 3. The molecule has 2 heterocycles. The fraction of sp³-hybridized carbons (Fsp3) is 0.294. The number of nitrogens with zero attached hydrogens (tertiary/aromatic N) is 3. The number of hydrogen-bond acceptors (Lipinski definition) is 3. The second-order valence-electron chi connectivity index (χ2n) is 5.82. The highest BCUT2D eigenvalue weighted by Crippen LogP contribution is 2.26. The van der Waals surface area contributed by atoms with E-state index in [4.69, 9.17) is 0 Å². The maximum Gasteiger partial charge on any atom is 0.417 e. The SMILES string of the molecule is CCC1=C[NH+]=C2C(C(=O)N(C)C(=O)N2C)C1=Nc1ccc(F)c(F)c1. The summed E-state index contributed by atoms with van der Waals surface area (Å²) in [5, 5.41) is 0. The van der Waals surface area contributed by atoms with E-state index in [1.54, 1.807) is 13.2 Å². The van der Waals surface area contributed by atoms with Gasteiger partial charge in [0.25, 0.3) is 11.7 Å². The predicted octanol–water partition coefficient (Wildman–Crippen LogP) is 0.964. The number of nitrogens with one attached hydrogen (secondary N) is 1. The molecule has 8 heteroatoms. The third kappa shape index (κ3) is 2.73. The van der Waals surface area contributed by atoms with Crippen LogP contribution < -0.4 is 4.99 Å². The molecule has 1 atom stereocenters. The molecule has 25 heavy (non-hydrogen) atoms. The molecule has 1 N–H and O–H groups in total. The number of carbonyl (C=O) groups excluding carboxylic acids is 2. The quantitative estimate of drug-likeness (QED) is 0.866. The number of aliphatic imine (C=N–C) groups is 1. The van der Waals surface area contributed by atoms with Crippen LogP contribution in [-0.2, 0) is 4.79 Å². The zero-order valence-electron chi connectivity index (χ0n) is 14.0. The van der Waals surface area contributed by atoms with Crippen LogP contribution in [0.2, 0.25) is 0 Å². The number of amidine groups is 1. The molecule has 1 aromatic carbocycles. The molecular weight excluding hydrogens is 330 g/mol. The molecular formula is C17H17F2N4O2+. The van der Waals surface area contributed by atoms with E-state index in [1.165, 1.54) is 18.0 Å². The smallest absolute Gasteiger partial charge is 0.273 e. The lowest BCUT2D eigenvalue weighted by molar-refractivity contribution is -0.383. The minimum absolute atomic E-state index is 0.199. The largest absolute Gasteiger partial charge is 0.417 e. The van der Waals surface area contributed by atoms with Gasteiger partial charge in [-0.25, -0.2) is 23.5 Å². The molecule has 0 spiro atoms. The number of carbonyl (C=O) groups is 2. The lowest BCUT2D eigenvalue weighted by Crippen LogP contribution is -2.80. The number of benzene rings is 1. The van der Waals surface area contributed by atoms with Gasteiger partial charge in [-0.3, -0.25) is 9.79 Å². The van der Waals surface area contributed by atoms with E-state index in [9.17, 15) is 18.4 Å². The molecule has 1 aromatic rings. The summed E-state index contributed by atoms with van der Waals surface area (Å²) in [6, 6.07) is 2.85. The topological polar surface area (TPSA) is 67.0 Å². The molecule has 130 valence electrons. The Labute approximate surface area is 143 Å². The van der Waals surface area contributed by atoms with Crippen LogP contribution >= 0.6 is 0 Å². The van der Waals surface area contributed by atoms with Crippen molar-refractivity contribution < 1.29 is 23.4 Å². The van der Waals surface area contributed by atoms with Crippen LogP contribution in [0.5, 0.6) is 0 Å². The fourth-order valence-corrected chi connectivity index (χ4v) is 2.89. The van der Waals surface area contributed by atoms with E-state index in [2.05, 4.69) is 9.98 Å². The summed E-state index contributed by atoms with van der Waals surface area (Å²) in [4.78, 5) is 34.5. The van der Waals surface area contributed by atoms with Gasteiger partial charge < -0.3 is 0 Å². The Balaban J connectivity index is 2.13. The molecule has 3 amide bonds. The second kappa shape index (κ2) is 6.19. The van der Waals surface area contributed by atoms with Gasteiger partial charge in [-0.2, -0.15) is 4.90 Å². The number of halogens is 2. The van der Waals surface area contributed by atoms with E-state index in [0.29, 0.717) is 18.0 Å². The van der Waals surface area contributed by atoms with Gasteiger partial charge in [-0.1, -0.05) is 6.92 Å². The van der Waals surface area contributed by atoms with E-state index < -0.39 is 29.5 Å². The summed E-state index contributed by atoms with van der Waals surface area (Å²) < 4.78 is 26.6. The van der Waals surface area contributed by atoms with Crippen LogP contribution in [0.1, 0.15) is 13.3 Å². The zero-order chi connectivity index (χ0) is 18.3. The minimum Gasteiger partial charge on any atom is -0.273 e. The number of urea groups is 1. The van der Waals surface area contributed by atoms with Crippen molar-refractivity contribution in [3.63, 3.8) is 0 Å². The summed E-state index contributed by atoms with van der Waals surface area (Å²) in [7, 11) is 2.96. The summed E-state index contributed by atoms with van der Waals surface area (Å²) >= 11 is 0. The fourth-order valence-electron chi connectivity index (χ4n) is 2.89. The van der Waals surface area contributed by atoms with Gasteiger partial charge in [0.15, 0.2) is 17.6 Å². The minimum atomic E-state index is -1.01. The molecule has 1 unspecified atom stereocenters. The molecule has 2 aliphatic heterocycles. The van der Waals surface area contributed by atoms with E-state index in [0.717, 1.165) is 22.6 Å². The van der Waals surface area contributed by atoms with E-state index >= 15 is 0 Å². The first kappa shape index (κ1) is 16.9. The van der Waals surface area contributed by atoms with Crippen molar-refractivity contribution >= 4 is 29.2 Å². The van der Waals surface area contributed by atoms with Gasteiger partial charge in [-0.05, 0) is 18.6 Å². The molecule has 0 aromatic heterocycles. The number of rotatable bonds is 2. The summed E-state index contributed by atoms with van der Waals surface area (Å²) in [6.07, 6.45) is 2.25. The molecule has 0 bridgehead atoms. The average molecular weight is 347 g/mol. The van der Waals surface area contributed by atoms with Crippen LogP contribution in [0.15, 0.2) is 35.0 Å². The molecule has 0 aliphatic carbocycles. The summed E-state index contributed by atoms with van der Waals surface area (Å²) in [5.74, 6) is -2.81. The molecule has 0 saturated carbocycles. The lowest BCUT2D eigenvalue weighted by atomic mass is 9.89. The van der Waals surface area contributed by atoms with Gasteiger partial charge in [0, 0.05) is 18.7 Å². The van der Waals surface area contributed by atoms with Gasteiger partial charge >= 0.3 is 6.03 Å². The number of hydrogen-bond donors (Lipinski definition) is 1. The molecule has 3 rings (SSSR count). The van der Waals surface area contributed by atoms with Gasteiger partial charge in [0.1, 0.15) is 0 Å². The Hall–Kier alpha value is -2.90. The second-order valence-corrected chi connectivity index (χ2v) is 5.82. The van der Waals surface area contributed by atoms with Gasteiger partial charge in [-0.15, -0.1) is 0 Å². The predicted molar refractivity (Wildman–Crippen MR) is 87.2 cm³/mol. The Morgan fingerprint density at radius 1 is 1.16 bits per heavy atom. The van der Waals surface area contributed by atoms with Crippen molar-refractivity contribution in [1.29, 1.82) is 0 Å². The van der Waals surface area contributed by atoms with Gasteiger partial charge in [0.05, 0.1) is 24.6 Å². The van der Waals surface area contributed by atoms with Crippen molar-refractivity contribution in [3.05, 3.63) is 41.6 Å². The molecule has 1 fully saturated rings. The Bertz CT molecular complexity index is 860. The summed E-state index contributed by atoms with van der Waals surface area (Å²) in [5.41, 5.74) is 1.37. The Morgan fingerprint density at radius 2 is 1.88 bits per heavy atom. The molecule has 0 radical (unpaired) electrons. The van der Waals surface area contributed by atoms with Crippen molar-refractivity contribution in [2.45, 2.75) is 13.3 Å². The van der Waals surface area contributed by atoms with Crippen LogP contribution in [0, 0.1) is 17.6 Å². The monoisotopic (exact) mass is 347 g/mol. The molecule has 1 saturated heterocycles. The summed E-state index contributed by atoms with van der Waals surface area (Å²) in [6.45, 7) is 1.89. The average Bonchev–Trinajstić information content (AvgIpc) is 2.60. The van der Waals surface area contributed by atoms with Gasteiger partial charge in [0.2, 0.25) is 0 Å². The van der Waals surface area contributed by atoms with Crippen molar-refractivity contribution in [2.75, 3.05) is 14.1 Å². The molecule has 6 nitrogen and oxygen atoms in total. The zero-order valence-corrected chi connectivity index (χ0v) is 14.0. The van der Waals surface area contributed by atoms with Crippen LogP contribution in [0.3, 0.4) is 0 Å². The maximum absolute atomic E-state index is 13.5.